The molecular weight excluding hydrogens is 256 g/mol. The second kappa shape index (κ2) is 5.97. The van der Waals surface area contributed by atoms with Gasteiger partial charge in [0.2, 0.25) is 0 Å². The van der Waals surface area contributed by atoms with E-state index < -0.39 is 12.2 Å². The van der Waals surface area contributed by atoms with Crippen LogP contribution >= 0.6 is 0 Å². The molecule has 0 spiro atoms. The first kappa shape index (κ1) is 13.7. The maximum atomic E-state index is 13.0. The third kappa shape index (κ3) is 3.01. The number of hydrogen-bond donors (Lipinski definition) is 1. The van der Waals surface area contributed by atoms with Gasteiger partial charge in [0.25, 0.3) is 6.43 Å². The molecule has 1 aromatic carbocycles. The number of rotatable bonds is 4. The van der Waals surface area contributed by atoms with Crippen LogP contribution < -0.4 is 14.8 Å². The first-order chi connectivity index (χ1) is 9.13. The molecule has 1 aromatic rings. The zero-order valence-electron chi connectivity index (χ0n) is 10.5. The van der Waals surface area contributed by atoms with E-state index in [4.69, 9.17) is 9.47 Å². The number of likely N-dealkylation sites (N-methyl/N-ethyl adjacent to an activating group) is 1. The summed E-state index contributed by atoms with van der Waals surface area (Å²) >= 11 is 0. The smallest absolute Gasteiger partial charge is 0.264 e. The lowest BCUT2D eigenvalue weighted by Crippen LogP contribution is -2.20. The quantitative estimate of drug-likeness (QED) is 0.853. The van der Waals surface area contributed by atoms with Gasteiger partial charge in [-0.1, -0.05) is 0 Å². The second-order valence-corrected chi connectivity index (χ2v) is 4.19. The minimum Gasteiger partial charge on any atom is -0.490 e. The van der Waals surface area contributed by atoms with Crippen molar-refractivity contribution in [3.63, 3.8) is 0 Å². The van der Waals surface area contributed by atoms with Crippen LogP contribution in [0.4, 0.5) is 8.78 Å². The maximum absolute atomic E-state index is 13.0. The maximum Gasteiger partial charge on any atom is 0.264 e. The van der Waals surface area contributed by atoms with Gasteiger partial charge in [0.1, 0.15) is 0 Å². The average Bonchev–Trinajstić information content (AvgIpc) is 2.61. The molecular formula is C13H15F2NO3. The van der Waals surface area contributed by atoms with Gasteiger partial charge in [0.15, 0.2) is 17.3 Å². The largest absolute Gasteiger partial charge is 0.490 e. The van der Waals surface area contributed by atoms with Crippen LogP contribution in [0.3, 0.4) is 0 Å². The molecule has 1 heterocycles. The summed E-state index contributed by atoms with van der Waals surface area (Å²) < 4.78 is 36.8. The molecule has 19 heavy (non-hydrogen) atoms. The summed E-state index contributed by atoms with van der Waals surface area (Å²) in [5, 5.41) is 2.66. The number of Topliss-reactive ketones (excluding diaryl/α,β-unsaturated/α-hetero) is 1. The Labute approximate surface area is 109 Å². The number of carbonyl (C=O) groups is 1. The highest BCUT2D eigenvalue weighted by Gasteiger charge is 2.23. The summed E-state index contributed by atoms with van der Waals surface area (Å²) in [4.78, 5) is 11.8. The number of ketones is 1. The Kier molecular flexibility index (Phi) is 4.31. The minimum atomic E-state index is -2.73. The highest BCUT2D eigenvalue weighted by Crippen LogP contribution is 2.36. The van der Waals surface area contributed by atoms with Gasteiger partial charge in [-0.3, -0.25) is 4.79 Å². The molecule has 0 amide bonds. The molecule has 104 valence electrons. The lowest BCUT2D eigenvalue weighted by Gasteiger charge is -2.13. The fourth-order valence-electron chi connectivity index (χ4n) is 1.90. The highest BCUT2D eigenvalue weighted by molar-refractivity contribution is 5.99. The van der Waals surface area contributed by atoms with E-state index in [2.05, 4.69) is 5.32 Å². The summed E-state index contributed by atoms with van der Waals surface area (Å²) in [5.74, 6) is 0.226. The van der Waals surface area contributed by atoms with E-state index in [0.29, 0.717) is 25.4 Å². The summed E-state index contributed by atoms with van der Waals surface area (Å²) in [7, 11) is 1.59. The zero-order valence-corrected chi connectivity index (χ0v) is 10.5. The van der Waals surface area contributed by atoms with E-state index in [1.165, 1.54) is 12.1 Å². The first-order valence-corrected chi connectivity index (χ1v) is 6.03. The van der Waals surface area contributed by atoms with Crippen molar-refractivity contribution in [2.45, 2.75) is 12.8 Å². The van der Waals surface area contributed by atoms with Crippen molar-refractivity contribution in [3.05, 3.63) is 23.3 Å². The fraction of sp³-hybridized carbons (Fsp3) is 0.462. The molecule has 0 aliphatic carbocycles. The molecule has 1 N–H and O–H groups in total. The van der Waals surface area contributed by atoms with Gasteiger partial charge in [0, 0.05) is 17.5 Å². The van der Waals surface area contributed by atoms with Crippen molar-refractivity contribution < 1.29 is 23.0 Å². The number of fused-ring (bicyclic) bond motifs is 1. The number of carbonyl (C=O) groups excluding carboxylic acids is 1. The number of hydrogen-bond acceptors (Lipinski definition) is 4. The van der Waals surface area contributed by atoms with Crippen molar-refractivity contribution in [2.24, 2.45) is 0 Å². The molecule has 6 heteroatoms. The molecule has 0 saturated carbocycles. The molecule has 0 fully saturated rings. The summed E-state index contributed by atoms with van der Waals surface area (Å²) in [6, 6.07) is 2.55. The topological polar surface area (TPSA) is 47.6 Å². The standard InChI is InChI=1S/C13H15F2NO3/c1-16-7-10(17)8-5-11-12(6-9(8)13(14)15)19-4-2-3-18-11/h5-6,13,16H,2-4,7H2,1H3. The third-order valence-electron chi connectivity index (χ3n) is 2.79. The minimum absolute atomic E-state index is 0.000631. The van der Waals surface area contributed by atoms with E-state index in [1.54, 1.807) is 7.05 Å². The van der Waals surface area contributed by atoms with Crippen molar-refractivity contribution in [1.82, 2.24) is 5.32 Å². The van der Waals surface area contributed by atoms with E-state index in [9.17, 15) is 13.6 Å². The van der Waals surface area contributed by atoms with Crippen molar-refractivity contribution >= 4 is 5.78 Å². The molecule has 0 saturated heterocycles. The molecule has 4 nitrogen and oxygen atoms in total. The van der Waals surface area contributed by atoms with Crippen LogP contribution in [0.1, 0.15) is 28.8 Å². The Morgan fingerprint density at radius 2 is 1.95 bits per heavy atom. The van der Waals surface area contributed by atoms with Crippen molar-refractivity contribution in [2.75, 3.05) is 26.8 Å². The normalized spacial score (nSPS) is 14.3. The lowest BCUT2D eigenvalue weighted by atomic mass is 10.0. The van der Waals surface area contributed by atoms with Gasteiger partial charge >= 0.3 is 0 Å². The molecule has 0 unspecified atom stereocenters. The highest BCUT2D eigenvalue weighted by atomic mass is 19.3. The first-order valence-electron chi connectivity index (χ1n) is 6.03. The number of benzene rings is 1. The SMILES string of the molecule is CNCC(=O)c1cc2c(cc1C(F)F)OCCCO2. The number of alkyl halides is 2. The molecule has 1 aliphatic heterocycles. The Hall–Kier alpha value is -1.69. The van der Waals surface area contributed by atoms with Crippen LogP contribution in [0.2, 0.25) is 0 Å². The fourth-order valence-corrected chi connectivity index (χ4v) is 1.90. The molecule has 0 radical (unpaired) electrons. The predicted octanol–water partition coefficient (Wildman–Crippen LogP) is 2.19. The van der Waals surface area contributed by atoms with Crippen LogP contribution in [0.5, 0.6) is 11.5 Å². The van der Waals surface area contributed by atoms with E-state index in [0.717, 1.165) is 0 Å². The Balaban J connectivity index is 2.45. The Morgan fingerprint density at radius 3 is 2.53 bits per heavy atom. The van der Waals surface area contributed by atoms with Crippen LogP contribution in [0.15, 0.2) is 12.1 Å². The zero-order chi connectivity index (χ0) is 13.8. The van der Waals surface area contributed by atoms with Gasteiger partial charge < -0.3 is 14.8 Å². The van der Waals surface area contributed by atoms with E-state index in [1.807, 2.05) is 0 Å². The van der Waals surface area contributed by atoms with Crippen LogP contribution in [0, 0.1) is 0 Å². The number of halogens is 2. The lowest BCUT2D eigenvalue weighted by molar-refractivity contribution is 0.0979. The van der Waals surface area contributed by atoms with Gasteiger partial charge in [0.05, 0.1) is 19.8 Å². The van der Waals surface area contributed by atoms with Crippen molar-refractivity contribution in [1.29, 1.82) is 0 Å². The van der Waals surface area contributed by atoms with Gasteiger partial charge in [-0.25, -0.2) is 8.78 Å². The molecule has 0 atom stereocenters. The average molecular weight is 271 g/mol. The summed E-state index contributed by atoms with van der Waals surface area (Å²) in [6.45, 7) is 0.861. The molecule has 2 rings (SSSR count). The van der Waals surface area contributed by atoms with Crippen LogP contribution in [-0.4, -0.2) is 32.6 Å². The van der Waals surface area contributed by atoms with E-state index in [-0.39, 0.29) is 23.4 Å². The predicted molar refractivity (Wildman–Crippen MR) is 65.3 cm³/mol. The Bertz CT molecular complexity index is 477. The van der Waals surface area contributed by atoms with E-state index >= 15 is 0 Å². The third-order valence-corrected chi connectivity index (χ3v) is 2.79. The molecule has 0 bridgehead atoms. The summed E-state index contributed by atoms with van der Waals surface area (Å²) in [5.41, 5.74) is -0.335. The monoisotopic (exact) mass is 271 g/mol. The van der Waals surface area contributed by atoms with Gasteiger partial charge in [-0.05, 0) is 19.2 Å². The van der Waals surface area contributed by atoms with Crippen molar-refractivity contribution in [3.8, 4) is 11.5 Å². The van der Waals surface area contributed by atoms with Gasteiger partial charge in [-0.15, -0.1) is 0 Å². The Morgan fingerprint density at radius 1 is 1.32 bits per heavy atom. The summed E-state index contributed by atoms with van der Waals surface area (Å²) in [6.07, 6.45) is -2.05. The number of ether oxygens (including phenoxy) is 2. The number of nitrogens with one attached hydrogen (secondary N) is 1. The molecule has 1 aliphatic rings. The second-order valence-electron chi connectivity index (χ2n) is 4.19. The van der Waals surface area contributed by atoms with Gasteiger partial charge in [-0.2, -0.15) is 0 Å². The molecule has 0 aromatic heterocycles. The van der Waals surface area contributed by atoms with Crippen LogP contribution in [-0.2, 0) is 0 Å². The van der Waals surface area contributed by atoms with Crippen LogP contribution in [0.25, 0.3) is 0 Å².